The van der Waals surface area contributed by atoms with Crippen molar-refractivity contribution in [1.82, 2.24) is 5.32 Å². The number of hydrogen-bond acceptors (Lipinski definition) is 1. The average Bonchev–Trinajstić information content (AvgIpc) is 3.06. The third-order valence-electron chi connectivity index (χ3n) is 4.53. The van der Waals surface area contributed by atoms with E-state index in [-0.39, 0.29) is 11.8 Å². The minimum absolute atomic E-state index is 0.269. The number of carbonyl (C=O) groups excluding carboxylic acids is 1. The van der Waals surface area contributed by atoms with E-state index in [1.165, 1.54) is 29.2 Å². The van der Waals surface area contributed by atoms with Crippen LogP contribution in [0.25, 0.3) is 10.8 Å². The molecule has 1 aliphatic carbocycles. The molecule has 21 heavy (non-hydrogen) atoms. The second-order valence-corrected chi connectivity index (χ2v) is 6.01. The van der Waals surface area contributed by atoms with Crippen LogP contribution in [0.5, 0.6) is 0 Å². The highest BCUT2D eigenvalue weighted by atomic mass is 16.1. The van der Waals surface area contributed by atoms with Crippen molar-refractivity contribution in [3.8, 4) is 0 Å². The minimum atomic E-state index is 0.269. The Labute approximate surface area is 126 Å². The first-order valence-corrected chi connectivity index (χ1v) is 8.09. The largest absolute Gasteiger partial charge is 0.356 e. The Morgan fingerprint density at radius 2 is 1.81 bits per heavy atom. The molecule has 0 bridgehead atoms. The van der Waals surface area contributed by atoms with Gasteiger partial charge in [-0.1, -0.05) is 55.3 Å². The predicted octanol–water partition coefficient (Wildman–Crippen LogP) is 4.08. The van der Waals surface area contributed by atoms with Crippen molar-refractivity contribution < 1.29 is 4.79 Å². The molecule has 0 heterocycles. The topological polar surface area (TPSA) is 29.1 Å². The van der Waals surface area contributed by atoms with Crippen LogP contribution in [0.4, 0.5) is 0 Å². The Morgan fingerprint density at radius 3 is 2.67 bits per heavy atom. The van der Waals surface area contributed by atoms with Gasteiger partial charge in [0, 0.05) is 12.5 Å². The molecule has 1 amide bonds. The van der Waals surface area contributed by atoms with Gasteiger partial charge in [-0.3, -0.25) is 4.79 Å². The quantitative estimate of drug-likeness (QED) is 0.822. The van der Waals surface area contributed by atoms with Crippen molar-refractivity contribution in [1.29, 1.82) is 0 Å². The maximum atomic E-state index is 12.0. The molecule has 0 spiro atoms. The Hall–Kier alpha value is -1.83. The summed E-state index contributed by atoms with van der Waals surface area (Å²) in [6.45, 7) is 0.790. The van der Waals surface area contributed by atoms with Gasteiger partial charge >= 0.3 is 0 Å². The number of nitrogens with one attached hydrogen (secondary N) is 1. The van der Waals surface area contributed by atoms with Crippen LogP contribution in [0.15, 0.2) is 42.5 Å². The first-order chi connectivity index (χ1) is 10.3. The average molecular weight is 281 g/mol. The molecule has 0 aromatic heterocycles. The second kappa shape index (κ2) is 6.75. The van der Waals surface area contributed by atoms with E-state index in [2.05, 4.69) is 47.8 Å². The van der Waals surface area contributed by atoms with Crippen LogP contribution in [0, 0.1) is 5.92 Å². The van der Waals surface area contributed by atoms with Gasteiger partial charge in [-0.05, 0) is 42.0 Å². The summed E-state index contributed by atoms with van der Waals surface area (Å²) in [5.74, 6) is 0.549. The maximum absolute atomic E-state index is 12.0. The van der Waals surface area contributed by atoms with Crippen LogP contribution < -0.4 is 5.32 Å². The monoisotopic (exact) mass is 281 g/mol. The minimum Gasteiger partial charge on any atom is -0.356 e. The van der Waals surface area contributed by atoms with Crippen LogP contribution in [0.2, 0.25) is 0 Å². The molecule has 110 valence electrons. The van der Waals surface area contributed by atoms with Gasteiger partial charge in [-0.2, -0.15) is 0 Å². The molecule has 1 aliphatic rings. The summed E-state index contributed by atoms with van der Waals surface area (Å²) in [4.78, 5) is 12.0. The highest BCUT2D eigenvalue weighted by Gasteiger charge is 2.21. The zero-order chi connectivity index (χ0) is 14.5. The summed E-state index contributed by atoms with van der Waals surface area (Å²) < 4.78 is 0. The fourth-order valence-corrected chi connectivity index (χ4v) is 3.33. The van der Waals surface area contributed by atoms with E-state index in [4.69, 9.17) is 0 Å². The molecule has 2 heteroatoms. The zero-order valence-electron chi connectivity index (χ0n) is 12.5. The molecular formula is C19H23NO. The van der Waals surface area contributed by atoms with Crippen LogP contribution >= 0.6 is 0 Å². The normalized spacial score (nSPS) is 15.4. The van der Waals surface area contributed by atoms with Gasteiger partial charge in [-0.15, -0.1) is 0 Å². The van der Waals surface area contributed by atoms with Gasteiger partial charge in [0.1, 0.15) is 0 Å². The Morgan fingerprint density at radius 1 is 1.05 bits per heavy atom. The van der Waals surface area contributed by atoms with Crippen molar-refractivity contribution in [3.05, 3.63) is 48.0 Å². The van der Waals surface area contributed by atoms with Gasteiger partial charge in [0.2, 0.25) is 5.91 Å². The lowest BCUT2D eigenvalue weighted by Crippen LogP contribution is -2.30. The number of aryl methyl sites for hydroxylation is 1. The van der Waals surface area contributed by atoms with Crippen molar-refractivity contribution in [3.63, 3.8) is 0 Å². The molecule has 0 aliphatic heterocycles. The van der Waals surface area contributed by atoms with E-state index in [0.717, 1.165) is 32.2 Å². The molecule has 2 nitrogen and oxygen atoms in total. The highest BCUT2D eigenvalue weighted by molar-refractivity contribution is 5.85. The van der Waals surface area contributed by atoms with Gasteiger partial charge in [0.05, 0.1) is 0 Å². The molecule has 0 unspecified atom stereocenters. The lowest BCUT2D eigenvalue weighted by atomic mass is 10.0. The third-order valence-corrected chi connectivity index (χ3v) is 4.53. The standard InChI is InChI=1S/C19H23NO/c21-19(17-8-1-2-9-17)20-14-6-12-16-11-5-10-15-7-3-4-13-18(15)16/h3-5,7,10-11,13,17H,1-2,6,8-9,12,14H2,(H,20,21). The molecule has 3 rings (SSSR count). The third kappa shape index (κ3) is 3.44. The molecule has 2 aromatic carbocycles. The van der Waals surface area contributed by atoms with E-state index in [9.17, 15) is 4.79 Å². The van der Waals surface area contributed by atoms with Gasteiger partial charge in [0.25, 0.3) is 0 Å². The summed E-state index contributed by atoms with van der Waals surface area (Å²) in [5.41, 5.74) is 1.38. The highest BCUT2D eigenvalue weighted by Crippen LogP contribution is 2.24. The SMILES string of the molecule is O=C(NCCCc1cccc2ccccc12)C1CCCC1. The Bertz CT molecular complexity index is 608. The van der Waals surface area contributed by atoms with E-state index < -0.39 is 0 Å². The number of carbonyl (C=O) groups is 1. The van der Waals surface area contributed by atoms with Crippen molar-refractivity contribution in [2.24, 2.45) is 5.92 Å². The van der Waals surface area contributed by atoms with E-state index >= 15 is 0 Å². The maximum Gasteiger partial charge on any atom is 0.223 e. The molecule has 0 saturated heterocycles. The van der Waals surface area contributed by atoms with Gasteiger partial charge < -0.3 is 5.32 Å². The number of amides is 1. The van der Waals surface area contributed by atoms with E-state index in [1.54, 1.807) is 0 Å². The van der Waals surface area contributed by atoms with Crippen molar-refractivity contribution in [2.45, 2.75) is 38.5 Å². The molecule has 0 radical (unpaired) electrons. The molecule has 1 N–H and O–H groups in total. The lowest BCUT2D eigenvalue weighted by Gasteiger charge is -2.11. The zero-order valence-corrected chi connectivity index (χ0v) is 12.5. The van der Waals surface area contributed by atoms with E-state index in [0.29, 0.717) is 0 Å². The molecule has 2 aromatic rings. The summed E-state index contributed by atoms with van der Waals surface area (Å²) in [5, 5.41) is 5.74. The summed E-state index contributed by atoms with van der Waals surface area (Å²) in [6, 6.07) is 15.0. The van der Waals surface area contributed by atoms with Gasteiger partial charge in [-0.25, -0.2) is 0 Å². The fraction of sp³-hybridized carbons (Fsp3) is 0.421. The van der Waals surface area contributed by atoms with Gasteiger partial charge in [0.15, 0.2) is 0 Å². The lowest BCUT2D eigenvalue weighted by molar-refractivity contribution is -0.124. The number of fused-ring (bicyclic) bond motifs is 1. The molecule has 1 fully saturated rings. The van der Waals surface area contributed by atoms with Crippen molar-refractivity contribution >= 4 is 16.7 Å². The first kappa shape index (κ1) is 14.1. The van der Waals surface area contributed by atoms with Crippen LogP contribution in [-0.4, -0.2) is 12.5 Å². The summed E-state index contributed by atoms with van der Waals surface area (Å²) in [7, 11) is 0. The smallest absolute Gasteiger partial charge is 0.223 e. The fourth-order valence-electron chi connectivity index (χ4n) is 3.33. The molecular weight excluding hydrogens is 258 g/mol. The number of hydrogen-bond donors (Lipinski definition) is 1. The van der Waals surface area contributed by atoms with Crippen LogP contribution in [0.3, 0.4) is 0 Å². The predicted molar refractivity (Wildman–Crippen MR) is 87.2 cm³/mol. The van der Waals surface area contributed by atoms with Crippen LogP contribution in [-0.2, 0) is 11.2 Å². The van der Waals surface area contributed by atoms with Crippen LogP contribution in [0.1, 0.15) is 37.7 Å². The first-order valence-electron chi connectivity index (χ1n) is 8.09. The van der Waals surface area contributed by atoms with E-state index in [1.807, 2.05) is 0 Å². The summed E-state index contributed by atoms with van der Waals surface area (Å²) >= 11 is 0. The number of rotatable bonds is 5. The Balaban J connectivity index is 1.51. The Kier molecular flexibility index (Phi) is 4.54. The summed E-state index contributed by atoms with van der Waals surface area (Å²) in [6.07, 6.45) is 6.62. The molecule has 0 atom stereocenters. The number of benzene rings is 2. The van der Waals surface area contributed by atoms with Crippen molar-refractivity contribution in [2.75, 3.05) is 6.54 Å². The molecule has 1 saturated carbocycles. The second-order valence-electron chi connectivity index (χ2n) is 6.01.